The fraction of sp³-hybridized carbons (Fsp3) is 0.143. The van der Waals surface area contributed by atoms with Gasteiger partial charge in [0, 0.05) is 11.3 Å². The lowest BCUT2D eigenvalue weighted by Crippen LogP contribution is -2.12. The van der Waals surface area contributed by atoms with Crippen LogP contribution in [0.2, 0.25) is 0 Å². The van der Waals surface area contributed by atoms with Crippen molar-refractivity contribution in [3.8, 4) is 0 Å². The molecule has 0 bridgehead atoms. The molecule has 0 spiro atoms. The molecule has 0 atom stereocenters. The summed E-state index contributed by atoms with van der Waals surface area (Å²) in [6, 6.07) is 8.43. The minimum Gasteiger partial charge on any atom is -0.466 e. The predicted molar refractivity (Wildman–Crippen MR) is 68.0 cm³/mol. The zero-order valence-corrected chi connectivity index (χ0v) is 10.2. The fourth-order valence-electron chi connectivity index (χ4n) is 1.74. The summed E-state index contributed by atoms with van der Waals surface area (Å²) in [6.45, 7) is 3.53. The van der Waals surface area contributed by atoms with E-state index in [9.17, 15) is 9.59 Å². The van der Waals surface area contributed by atoms with Crippen LogP contribution in [0.5, 0.6) is 0 Å². The number of aryl methyl sites for hydroxylation is 2. The average Bonchev–Trinajstić information content (AvgIpc) is 2.69. The van der Waals surface area contributed by atoms with E-state index in [1.165, 1.54) is 0 Å². The van der Waals surface area contributed by atoms with Crippen LogP contribution < -0.4 is 5.32 Å². The Labute approximate surface area is 105 Å². The number of benzene rings is 1. The van der Waals surface area contributed by atoms with Crippen LogP contribution in [0.15, 0.2) is 34.7 Å². The predicted octanol–water partition coefficient (Wildman–Crippen LogP) is 2.96. The first-order valence-electron chi connectivity index (χ1n) is 5.54. The van der Waals surface area contributed by atoms with Gasteiger partial charge in [-0.3, -0.25) is 9.59 Å². The van der Waals surface area contributed by atoms with E-state index in [4.69, 9.17) is 4.42 Å². The highest BCUT2D eigenvalue weighted by Gasteiger charge is 2.13. The maximum atomic E-state index is 12.0. The van der Waals surface area contributed by atoms with E-state index in [-0.39, 0.29) is 5.91 Å². The van der Waals surface area contributed by atoms with Crippen LogP contribution in [-0.4, -0.2) is 12.2 Å². The normalized spacial score (nSPS) is 10.1. The summed E-state index contributed by atoms with van der Waals surface area (Å²) in [5.74, 6) is 1.03. The Balaban J connectivity index is 2.21. The Bertz CT molecular complexity index is 599. The number of carbonyl (C=O) groups is 2. The molecule has 1 aromatic heterocycles. The number of nitrogens with one attached hydrogen (secondary N) is 1. The molecule has 0 unspecified atom stereocenters. The second-order valence-electron chi connectivity index (χ2n) is 4.02. The molecule has 0 aliphatic heterocycles. The van der Waals surface area contributed by atoms with E-state index in [0.29, 0.717) is 28.3 Å². The van der Waals surface area contributed by atoms with Crippen molar-refractivity contribution >= 4 is 17.9 Å². The monoisotopic (exact) mass is 243 g/mol. The number of anilines is 1. The minimum absolute atomic E-state index is 0.243. The summed E-state index contributed by atoms with van der Waals surface area (Å²) >= 11 is 0. The van der Waals surface area contributed by atoms with Crippen molar-refractivity contribution in [3.05, 3.63) is 53.0 Å². The summed E-state index contributed by atoms with van der Waals surface area (Å²) < 4.78 is 5.30. The number of aldehydes is 1. The largest absolute Gasteiger partial charge is 0.466 e. The first-order valence-corrected chi connectivity index (χ1v) is 5.54. The quantitative estimate of drug-likeness (QED) is 0.843. The summed E-state index contributed by atoms with van der Waals surface area (Å²) in [7, 11) is 0. The molecule has 0 aliphatic carbocycles. The SMILES string of the molecule is Cc1cc(C(=O)Nc2cccc(C=O)c2)c(C)o1. The maximum absolute atomic E-state index is 12.0. The van der Waals surface area contributed by atoms with Crippen molar-refractivity contribution in [1.82, 2.24) is 0 Å². The number of hydrogen-bond acceptors (Lipinski definition) is 3. The Morgan fingerprint density at radius 2 is 2.06 bits per heavy atom. The third kappa shape index (κ3) is 2.48. The molecular formula is C14H13NO3. The highest BCUT2D eigenvalue weighted by Crippen LogP contribution is 2.16. The van der Waals surface area contributed by atoms with E-state index in [1.807, 2.05) is 0 Å². The third-order valence-electron chi connectivity index (χ3n) is 2.57. The number of carbonyl (C=O) groups excluding carboxylic acids is 2. The van der Waals surface area contributed by atoms with Crippen LogP contribution in [0, 0.1) is 13.8 Å². The molecular weight excluding hydrogens is 230 g/mol. The van der Waals surface area contributed by atoms with Gasteiger partial charge in [0.1, 0.15) is 17.8 Å². The van der Waals surface area contributed by atoms with Crippen LogP contribution in [-0.2, 0) is 0 Å². The van der Waals surface area contributed by atoms with Crippen molar-refractivity contribution in [3.63, 3.8) is 0 Å². The van der Waals surface area contributed by atoms with Gasteiger partial charge in [0.15, 0.2) is 0 Å². The lowest BCUT2D eigenvalue weighted by atomic mass is 10.2. The fourth-order valence-corrected chi connectivity index (χ4v) is 1.74. The molecule has 4 nitrogen and oxygen atoms in total. The van der Waals surface area contributed by atoms with E-state index >= 15 is 0 Å². The lowest BCUT2D eigenvalue weighted by Gasteiger charge is -2.04. The number of furan rings is 1. The lowest BCUT2D eigenvalue weighted by molar-refractivity contribution is 0.102. The first-order chi connectivity index (χ1) is 8.60. The molecule has 0 radical (unpaired) electrons. The average molecular weight is 243 g/mol. The highest BCUT2D eigenvalue weighted by atomic mass is 16.3. The van der Waals surface area contributed by atoms with Crippen LogP contribution in [0.25, 0.3) is 0 Å². The van der Waals surface area contributed by atoms with Gasteiger partial charge in [0.2, 0.25) is 0 Å². The molecule has 1 amide bonds. The van der Waals surface area contributed by atoms with Gasteiger partial charge in [-0.2, -0.15) is 0 Å². The Morgan fingerprint density at radius 3 is 2.67 bits per heavy atom. The minimum atomic E-state index is -0.243. The van der Waals surface area contributed by atoms with Crippen LogP contribution >= 0.6 is 0 Å². The highest BCUT2D eigenvalue weighted by molar-refractivity contribution is 6.05. The first kappa shape index (κ1) is 12.1. The molecule has 2 rings (SSSR count). The molecule has 0 saturated carbocycles. The molecule has 0 aliphatic rings. The number of hydrogen-bond donors (Lipinski definition) is 1. The van der Waals surface area contributed by atoms with Gasteiger partial charge in [-0.05, 0) is 32.0 Å². The van der Waals surface area contributed by atoms with Crippen molar-refractivity contribution < 1.29 is 14.0 Å². The van der Waals surface area contributed by atoms with E-state index in [2.05, 4.69) is 5.32 Å². The number of amides is 1. The van der Waals surface area contributed by atoms with E-state index < -0.39 is 0 Å². The van der Waals surface area contributed by atoms with E-state index in [1.54, 1.807) is 44.2 Å². The van der Waals surface area contributed by atoms with Crippen LogP contribution in [0.3, 0.4) is 0 Å². The Hall–Kier alpha value is -2.36. The van der Waals surface area contributed by atoms with Crippen molar-refractivity contribution in [2.45, 2.75) is 13.8 Å². The van der Waals surface area contributed by atoms with Gasteiger partial charge in [-0.25, -0.2) is 0 Å². The molecule has 1 heterocycles. The second-order valence-corrected chi connectivity index (χ2v) is 4.02. The molecule has 0 saturated heterocycles. The van der Waals surface area contributed by atoms with Gasteiger partial charge in [0.25, 0.3) is 5.91 Å². The summed E-state index contributed by atoms with van der Waals surface area (Å²) in [6.07, 6.45) is 0.739. The number of rotatable bonds is 3. The van der Waals surface area contributed by atoms with Crippen molar-refractivity contribution in [2.75, 3.05) is 5.32 Å². The van der Waals surface area contributed by atoms with Gasteiger partial charge >= 0.3 is 0 Å². The standard InChI is InChI=1S/C14H13NO3/c1-9-6-13(10(2)18-9)14(17)15-12-5-3-4-11(7-12)8-16/h3-8H,1-2H3,(H,15,17). The maximum Gasteiger partial charge on any atom is 0.259 e. The molecule has 2 aromatic rings. The Kier molecular flexibility index (Phi) is 3.28. The molecule has 18 heavy (non-hydrogen) atoms. The summed E-state index contributed by atoms with van der Waals surface area (Å²) in [4.78, 5) is 22.6. The van der Waals surface area contributed by atoms with Gasteiger partial charge in [-0.1, -0.05) is 12.1 Å². The summed E-state index contributed by atoms with van der Waals surface area (Å²) in [5.41, 5.74) is 1.61. The third-order valence-corrected chi connectivity index (χ3v) is 2.57. The molecule has 1 N–H and O–H groups in total. The molecule has 4 heteroatoms. The van der Waals surface area contributed by atoms with E-state index in [0.717, 1.165) is 6.29 Å². The second kappa shape index (κ2) is 4.87. The van der Waals surface area contributed by atoms with Crippen LogP contribution in [0.4, 0.5) is 5.69 Å². The molecule has 92 valence electrons. The Morgan fingerprint density at radius 1 is 1.28 bits per heavy atom. The topological polar surface area (TPSA) is 59.3 Å². The molecule has 1 aromatic carbocycles. The van der Waals surface area contributed by atoms with Gasteiger partial charge < -0.3 is 9.73 Å². The zero-order valence-electron chi connectivity index (χ0n) is 10.2. The van der Waals surface area contributed by atoms with Crippen LogP contribution in [0.1, 0.15) is 32.2 Å². The zero-order chi connectivity index (χ0) is 13.1. The summed E-state index contributed by atoms with van der Waals surface area (Å²) in [5, 5.41) is 2.73. The smallest absolute Gasteiger partial charge is 0.259 e. The van der Waals surface area contributed by atoms with Gasteiger partial charge in [-0.15, -0.1) is 0 Å². The van der Waals surface area contributed by atoms with Crippen molar-refractivity contribution in [2.24, 2.45) is 0 Å². The molecule has 0 fully saturated rings. The van der Waals surface area contributed by atoms with Gasteiger partial charge in [0.05, 0.1) is 5.56 Å². The van der Waals surface area contributed by atoms with Crippen molar-refractivity contribution in [1.29, 1.82) is 0 Å².